The number of hydrogen-bond acceptors (Lipinski definition) is 3. The van der Waals surface area contributed by atoms with E-state index in [1.54, 1.807) is 24.0 Å². The Labute approximate surface area is 117 Å². The molecule has 0 aliphatic carbocycles. The molecule has 0 saturated carbocycles. The standard InChI is InChI=1S/C14H16ClNO3/c1-3-19-14(18)10-7-13(17)16(8-10)12-6-4-5-11(15)9(12)2/h4-6,10H,3,7-8H2,1-2H3/t10-/m0/s1. The van der Waals surface area contributed by atoms with Crippen molar-refractivity contribution in [2.45, 2.75) is 20.3 Å². The zero-order valence-corrected chi connectivity index (χ0v) is 11.7. The molecule has 1 atom stereocenters. The Morgan fingerprint density at radius 1 is 1.53 bits per heavy atom. The van der Waals surface area contributed by atoms with Gasteiger partial charge in [-0.2, -0.15) is 0 Å². The zero-order valence-electron chi connectivity index (χ0n) is 11.0. The van der Waals surface area contributed by atoms with E-state index in [2.05, 4.69) is 0 Å². The predicted molar refractivity (Wildman–Crippen MR) is 73.3 cm³/mol. The van der Waals surface area contributed by atoms with Gasteiger partial charge in [0.2, 0.25) is 5.91 Å². The molecule has 4 nitrogen and oxygen atoms in total. The van der Waals surface area contributed by atoms with Gasteiger partial charge in [0.25, 0.3) is 0 Å². The average molecular weight is 282 g/mol. The van der Waals surface area contributed by atoms with Crippen LogP contribution in [0.15, 0.2) is 18.2 Å². The lowest BCUT2D eigenvalue weighted by Gasteiger charge is -2.19. The Morgan fingerprint density at radius 3 is 2.95 bits per heavy atom. The molecule has 1 fully saturated rings. The van der Waals surface area contributed by atoms with Crippen molar-refractivity contribution in [3.8, 4) is 0 Å². The lowest BCUT2D eigenvalue weighted by atomic mass is 10.1. The molecule has 19 heavy (non-hydrogen) atoms. The molecule has 102 valence electrons. The molecule has 1 aromatic rings. The number of rotatable bonds is 3. The fraction of sp³-hybridized carbons (Fsp3) is 0.429. The lowest BCUT2D eigenvalue weighted by Crippen LogP contribution is -2.27. The number of carbonyl (C=O) groups excluding carboxylic acids is 2. The van der Waals surface area contributed by atoms with Crippen LogP contribution >= 0.6 is 11.6 Å². The van der Waals surface area contributed by atoms with Crippen LogP contribution in [0.4, 0.5) is 5.69 Å². The molecular formula is C14H16ClNO3. The number of ether oxygens (including phenoxy) is 1. The van der Waals surface area contributed by atoms with Gasteiger partial charge in [-0.25, -0.2) is 0 Å². The van der Waals surface area contributed by atoms with Gasteiger partial charge in [0.05, 0.1) is 12.5 Å². The first kappa shape index (κ1) is 13.9. The van der Waals surface area contributed by atoms with E-state index in [1.165, 1.54) is 0 Å². The molecule has 2 rings (SSSR count). The molecule has 1 aliphatic heterocycles. The molecule has 1 saturated heterocycles. The van der Waals surface area contributed by atoms with Crippen molar-refractivity contribution in [3.05, 3.63) is 28.8 Å². The van der Waals surface area contributed by atoms with E-state index in [1.807, 2.05) is 13.0 Å². The van der Waals surface area contributed by atoms with Crippen molar-refractivity contribution < 1.29 is 14.3 Å². The first-order valence-electron chi connectivity index (χ1n) is 6.26. The van der Waals surface area contributed by atoms with Gasteiger partial charge < -0.3 is 9.64 Å². The third kappa shape index (κ3) is 2.73. The van der Waals surface area contributed by atoms with Crippen molar-refractivity contribution in [2.75, 3.05) is 18.1 Å². The number of anilines is 1. The van der Waals surface area contributed by atoms with Crippen LogP contribution in [0.2, 0.25) is 5.02 Å². The number of esters is 1. The average Bonchev–Trinajstić information content (AvgIpc) is 2.75. The minimum absolute atomic E-state index is 0.0663. The quantitative estimate of drug-likeness (QED) is 0.800. The van der Waals surface area contributed by atoms with Crippen LogP contribution in [0.3, 0.4) is 0 Å². The number of halogens is 1. The highest BCUT2D eigenvalue weighted by Gasteiger charge is 2.36. The van der Waals surface area contributed by atoms with Crippen molar-refractivity contribution >= 4 is 29.2 Å². The molecule has 0 aromatic heterocycles. The van der Waals surface area contributed by atoms with Gasteiger partial charge in [-0.1, -0.05) is 17.7 Å². The summed E-state index contributed by atoms with van der Waals surface area (Å²) >= 11 is 6.06. The van der Waals surface area contributed by atoms with Crippen LogP contribution in [0.5, 0.6) is 0 Å². The molecule has 0 N–H and O–H groups in total. The first-order chi connectivity index (χ1) is 9.04. The number of carbonyl (C=O) groups is 2. The van der Waals surface area contributed by atoms with Gasteiger partial charge >= 0.3 is 5.97 Å². The first-order valence-corrected chi connectivity index (χ1v) is 6.64. The number of hydrogen-bond donors (Lipinski definition) is 0. The molecule has 0 unspecified atom stereocenters. The highest BCUT2D eigenvalue weighted by Crippen LogP contribution is 2.31. The Kier molecular flexibility index (Phi) is 4.10. The summed E-state index contributed by atoms with van der Waals surface area (Å²) in [5, 5.41) is 0.616. The Morgan fingerprint density at radius 2 is 2.26 bits per heavy atom. The van der Waals surface area contributed by atoms with Crippen LogP contribution in [-0.4, -0.2) is 25.0 Å². The Bertz CT molecular complexity index is 515. The smallest absolute Gasteiger partial charge is 0.311 e. The summed E-state index contributed by atoms with van der Waals surface area (Å²) in [5.41, 5.74) is 1.62. The minimum Gasteiger partial charge on any atom is -0.466 e. The van der Waals surface area contributed by atoms with E-state index < -0.39 is 0 Å². The van der Waals surface area contributed by atoms with E-state index in [0.717, 1.165) is 11.3 Å². The Hall–Kier alpha value is -1.55. The maximum atomic E-state index is 12.0. The monoisotopic (exact) mass is 281 g/mol. The van der Waals surface area contributed by atoms with Crippen LogP contribution in [0, 0.1) is 12.8 Å². The molecule has 1 aliphatic rings. The van der Waals surface area contributed by atoms with Gasteiger partial charge in [0, 0.05) is 23.7 Å². The van der Waals surface area contributed by atoms with E-state index in [9.17, 15) is 9.59 Å². The maximum absolute atomic E-state index is 12.0. The van der Waals surface area contributed by atoms with Crippen molar-refractivity contribution in [1.82, 2.24) is 0 Å². The number of nitrogens with zero attached hydrogens (tertiary/aromatic N) is 1. The van der Waals surface area contributed by atoms with Gasteiger partial charge in [-0.3, -0.25) is 9.59 Å². The fourth-order valence-electron chi connectivity index (χ4n) is 2.25. The molecule has 0 radical (unpaired) electrons. The van der Waals surface area contributed by atoms with Gasteiger partial charge in [-0.05, 0) is 31.5 Å². The van der Waals surface area contributed by atoms with Crippen molar-refractivity contribution in [2.24, 2.45) is 5.92 Å². The largest absolute Gasteiger partial charge is 0.466 e. The molecule has 0 bridgehead atoms. The van der Waals surface area contributed by atoms with E-state index >= 15 is 0 Å². The van der Waals surface area contributed by atoms with Gasteiger partial charge in [-0.15, -0.1) is 0 Å². The van der Waals surface area contributed by atoms with Gasteiger partial charge in [0.1, 0.15) is 0 Å². The highest BCUT2D eigenvalue weighted by atomic mass is 35.5. The van der Waals surface area contributed by atoms with E-state index in [4.69, 9.17) is 16.3 Å². The van der Waals surface area contributed by atoms with Crippen LogP contribution < -0.4 is 4.90 Å². The third-order valence-corrected chi connectivity index (χ3v) is 3.68. The summed E-state index contributed by atoms with van der Waals surface area (Å²) in [6, 6.07) is 5.42. The number of amides is 1. The summed E-state index contributed by atoms with van der Waals surface area (Å²) in [7, 11) is 0. The molecule has 5 heteroatoms. The topological polar surface area (TPSA) is 46.6 Å². The van der Waals surface area contributed by atoms with Crippen LogP contribution in [0.25, 0.3) is 0 Å². The second kappa shape index (κ2) is 5.61. The highest BCUT2D eigenvalue weighted by molar-refractivity contribution is 6.31. The maximum Gasteiger partial charge on any atom is 0.311 e. The van der Waals surface area contributed by atoms with E-state index in [-0.39, 0.29) is 24.2 Å². The minimum atomic E-state index is -0.383. The zero-order chi connectivity index (χ0) is 14.0. The lowest BCUT2D eigenvalue weighted by molar-refractivity contribution is -0.147. The molecule has 1 aromatic carbocycles. The fourth-order valence-corrected chi connectivity index (χ4v) is 2.42. The SMILES string of the molecule is CCOC(=O)[C@H]1CC(=O)N(c2cccc(Cl)c2C)C1. The summed E-state index contributed by atoms with van der Waals surface area (Å²) < 4.78 is 4.97. The van der Waals surface area contributed by atoms with Crippen molar-refractivity contribution in [3.63, 3.8) is 0 Å². The molecule has 1 heterocycles. The molecule has 0 spiro atoms. The van der Waals surface area contributed by atoms with Crippen LogP contribution in [0.1, 0.15) is 18.9 Å². The normalized spacial score (nSPS) is 18.8. The number of benzene rings is 1. The van der Waals surface area contributed by atoms with Crippen molar-refractivity contribution in [1.29, 1.82) is 0 Å². The third-order valence-electron chi connectivity index (χ3n) is 3.27. The van der Waals surface area contributed by atoms with Crippen LogP contribution in [-0.2, 0) is 14.3 Å². The summed E-state index contributed by atoms with van der Waals surface area (Å²) in [5.74, 6) is -0.757. The Balaban J connectivity index is 2.20. The second-order valence-electron chi connectivity index (χ2n) is 4.54. The summed E-state index contributed by atoms with van der Waals surface area (Å²) in [4.78, 5) is 25.3. The second-order valence-corrected chi connectivity index (χ2v) is 4.95. The molecule has 1 amide bonds. The summed E-state index contributed by atoms with van der Waals surface area (Å²) in [6.45, 7) is 4.31. The predicted octanol–water partition coefficient (Wildman–Crippen LogP) is 2.56. The molecular weight excluding hydrogens is 266 g/mol. The van der Waals surface area contributed by atoms with Gasteiger partial charge in [0.15, 0.2) is 0 Å². The summed E-state index contributed by atoms with van der Waals surface area (Å²) in [6.07, 6.45) is 0.199. The van der Waals surface area contributed by atoms with E-state index in [0.29, 0.717) is 18.2 Å².